The topological polar surface area (TPSA) is 83.3 Å². The van der Waals surface area contributed by atoms with Crippen LogP contribution in [0, 0.1) is 5.92 Å². The molecule has 3 aromatic rings. The van der Waals surface area contributed by atoms with Gasteiger partial charge in [0.2, 0.25) is 0 Å². The molecule has 0 bridgehead atoms. The van der Waals surface area contributed by atoms with Crippen molar-refractivity contribution >= 4 is 28.2 Å². The maximum Gasteiger partial charge on any atom is 0.433 e. The number of aromatic nitrogens is 3. The zero-order valence-corrected chi connectivity index (χ0v) is 18.8. The van der Waals surface area contributed by atoms with Gasteiger partial charge in [-0.25, -0.2) is 4.98 Å². The summed E-state index contributed by atoms with van der Waals surface area (Å²) in [5.74, 6) is -0.523. The molecule has 33 heavy (non-hydrogen) atoms. The van der Waals surface area contributed by atoms with E-state index in [0.29, 0.717) is 11.4 Å². The van der Waals surface area contributed by atoms with E-state index < -0.39 is 23.4 Å². The minimum atomic E-state index is -4.63. The lowest BCUT2D eigenvalue weighted by Crippen LogP contribution is -2.41. The maximum absolute atomic E-state index is 13.0. The average Bonchev–Trinajstić information content (AvgIpc) is 3.06. The van der Waals surface area contributed by atoms with Crippen LogP contribution in [0.1, 0.15) is 48.9 Å². The molecule has 0 spiro atoms. The molecule has 10 heteroatoms. The van der Waals surface area contributed by atoms with E-state index in [-0.39, 0.29) is 17.7 Å². The highest BCUT2D eigenvalue weighted by molar-refractivity contribution is 6.06. The van der Waals surface area contributed by atoms with E-state index in [2.05, 4.69) is 15.4 Å². The summed E-state index contributed by atoms with van der Waals surface area (Å²) in [6, 6.07) is 6.99. The van der Waals surface area contributed by atoms with Crippen LogP contribution in [0.15, 0.2) is 36.5 Å². The molecule has 1 aromatic carbocycles. The first-order valence-electron chi connectivity index (χ1n) is 10.6. The molecule has 2 aromatic heterocycles. The molecule has 1 amide bonds. The quantitative estimate of drug-likeness (QED) is 0.585. The van der Waals surface area contributed by atoms with Crippen LogP contribution >= 0.6 is 0 Å². The van der Waals surface area contributed by atoms with Gasteiger partial charge in [0.05, 0.1) is 28.5 Å². The number of halogens is 3. The number of anilines is 2. The molecule has 0 aliphatic heterocycles. The molecule has 1 aliphatic rings. The van der Waals surface area contributed by atoms with Gasteiger partial charge in [-0.1, -0.05) is 6.07 Å². The smallest absolute Gasteiger partial charge is 0.390 e. The van der Waals surface area contributed by atoms with Crippen LogP contribution in [0.5, 0.6) is 0 Å². The van der Waals surface area contributed by atoms with Crippen LogP contribution < -0.4 is 10.2 Å². The highest BCUT2D eigenvalue weighted by Gasteiger charge is 2.40. The fourth-order valence-corrected chi connectivity index (χ4v) is 4.02. The molecule has 0 atom stereocenters. The summed E-state index contributed by atoms with van der Waals surface area (Å²) < 4.78 is 40.8. The van der Waals surface area contributed by atoms with Crippen molar-refractivity contribution in [2.45, 2.75) is 44.5 Å². The number of benzene rings is 1. The van der Waals surface area contributed by atoms with E-state index in [4.69, 9.17) is 0 Å². The first-order valence-corrected chi connectivity index (χ1v) is 10.6. The van der Waals surface area contributed by atoms with E-state index in [1.54, 1.807) is 25.1 Å². The van der Waals surface area contributed by atoms with Crippen molar-refractivity contribution in [3.05, 3.63) is 47.9 Å². The zero-order valence-electron chi connectivity index (χ0n) is 18.8. The molecule has 1 fully saturated rings. The van der Waals surface area contributed by atoms with E-state index in [9.17, 15) is 23.1 Å². The molecule has 2 N–H and O–H groups in total. The zero-order chi connectivity index (χ0) is 24.1. The van der Waals surface area contributed by atoms with Crippen LogP contribution in [0.3, 0.4) is 0 Å². The Hall–Kier alpha value is -3.14. The normalized spacial score (nSPS) is 18.8. The van der Waals surface area contributed by atoms with Gasteiger partial charge in [0, 0.05) is 25.7 Å². The molecule has 0 unspecified atom stereocenters. The van der Waals surface area contributed by atoms with Crippen molar-refractivity contribution in [1.29, 1.82) is 0 Å². The summed E-state index contributed by atoms with van der Waals surface area (Å²) in [4.78, 5) is 18.0. The van der Waals surface area contributed by atoms with Gasteiger partial charge in [-0.05, 0) is 56.9 Å². The lowest BCUT2D eigenvalue weighted by Gasteiger charge is -2.42. The lowest BCUT2D eigenvalue weighted by molar-refractivity contribution is -0.141. The van der Waals surface area contributed by atoms with Crippen molar-refractivity contribution in [3.63, 3.8) is 0 Å². The Morgan fingerprint density at radius 1 is 1.21 bits per heavy atom. The van der Waals surface area contributed by atoms with Gasteiger partial charge < -0.3 is 15.3 Å². The summed E-state index contributed by atoms with van der Waals surface area (Å²) in [5.41, 5.74) is -0.325. The Morgan fingerprint density at radius 3 is 2.52 bits per heavy atom. The Kier molecular flexibility index (Phi) is 5.60. The molecular weight excluding hydrogens is 435 g/mol. The number of nitrogens with one attached hydrogen (secondary N) is 1. The Bertz CT molecular complexity index is 1190. The number of alkyl halides is 3. The van der Waals surface area contributed by atoms with Crippen molar-refractivity contribution < 1.29 is 23.1 Å². The molecule has 0 saturated heterocycles. The van der Waals surface area contributed by atoms with E-state index in [0.717, 1.165) is 35.9 Å². The fourth-order valence-electron chi connectivity index (χ4n) is 4.02. The average molecular weight is 461 g/mol. The minimum Gasteiger partial charge on any atom is -0.390 e. The number of amides is 1. The summed E-state index contributed by atoms with van der Waals surface area (Å²) in [7, 11) is 3.60. The van der Waals surface area contributed by atoms with Gasteiger partial charge >= 0.3 is 6.18 Å². The van der Waals surface area contributed by atoms with Gasteiger partial charge in [-0.2, -0.15) is 18.3 Å². The first-order chi connectivity index (χ1) is 15.3. The summed E-state index contributed by atoms with van der Waals surface area (Å²) in [6.07, 6.45) is -1.10. The van der Waals surface area contributed by atoms with Crippen molar-refractivity contribution in [2.24, 2.45) is 5.92 Å². The Morgan fingerprint density at radius 2 is 1.91 bits per heavy atom. The maximum atomic E-state index is 13.0. The molecule has 176 valence electrons. The fraction of sp³-hybridized carbons (Fsp3) is 0.435. The van der Waals surface area contributed by atoms with Gasteiger partial charge in [0.25, 0.3) is 5.91 Å². The third-order valence-electron chi connectivity index (χ3n) is 6.13. The summed E-state index contributed by atoms with van der Waals surface area (Å²) in [5, 5.41) is 18.3. The SMILES string of the molecule is CN(C)c1cc2nn([C@H]3C[C@H](C(C)(C)O)C3)cc2cc1NC(=O)c1cccc(C(F)(F)F)n1. The van der Waals surface area contributed by atoms with Crippen LogP contribution in [-0.2, 0) is 6.18 Å². The van der Waals surface area contributed by atoms with Crippen molar-refractivity contribution in [2.75, 3.05) is 24.3 Å². The largest absolute Gasteiger partial charge is 0.433 e. The Labute approximate surface area is 189 Å². The predicted octanol–water partition coefficient (Wildman–Crippen LogP) is 4.49. The minimum absolute atomic E-state index is 0.184. The molecule has 1 saturated carbocycles. The number of hydrogen-bond donors (Lipinski definition) is 2. The van der Waals surface area contributed by atoms with Gasteiger partial charge in [0.1, 0.15) is 11.4 Å². The van der Waals surface area contributed by atoms with Gasteiger partial charge in [0.15, 0.2) is 0 Å². The van der Waals surface area contributed by atoms with Gasteiger partial charge in [-0.15, -0.1) is 0 Å². The summed E-state index contributed by atoms with van der Waals surface area (Å²) in [6.45, 7) is 3.62. The van der Waals surface area contributed by atoms with E-state index in [1.165, 1.54) is 6.07 Å². The molecule has 7 nitrogen and oxygen atoms in total. The van der Waals surface area contributed by atoms with Crippen LogP contribution in [0.25, 0.3) is 10.9 Å². The van der Waals surface area contributed by atoms with E-state index in [1.807, 2.05) is 30.8 Å². The molecule has 1 aliphatic carbocycles. The molecular formula is C23H26F3N5O2. The number of carbonyl (C=O) groups is 1. The second kappa shape index (κ2) is 8.02. The highest BCUT2D eigenvalue weighted by Crippen LogP contribution is 2.44. The van der Waals surface area contributed by atoms with Crippen LogP contribution in [0.2, 0.25) is 0 Å². The van der Waals surface area contributed by atoms with E-state index >= 15 is 0 Å². The number of rotatable bonds is 5. The highest BCUT2D eigenvalue weighted by atomic mass is 19.4. The predicted molar refractivity (Wildman–Crippen MR) is 119 cm³/mol. The first kappa shape index (κ1) is 23.0. The van der Waals surface area contributed by atoms with Crippen LogP contribution in [0.4, 0.5) is 24.5 Å². The molecule has 2 heterocycles. The number of carbonyl (C=O) groups excluding carboxylic acids is 1. The third-order valence-corrected chi connectivity index (χ3v) is 6.13. The number of nitrogens with zero attached hydrogens (tertiary/aromatic N) is 4. The molecule has 0 radical (unpaired) electrons. The molecule has 4 rings (SSSR count). The Balaban J connectivity index is 1.61. The number of pyridine rings is 1. The van der Waals surface area contributed by atoms with Crippen molar-refractivity contribution in [3.8, 4) is 0 Å². The van der Waals surface area contributed by atoms with Crippen molar-refractivity contribution in [1.82, 2.24) is 14.8 Å². The number of aliphatic hydroxyl groups is 1. The number of hydrogen-bond acceptors (Lipinski definition) is 5. The standard InChI is InChI=1S/C23H26F3N5O2/c1-22(2,33)14-9-15(10-14)31-12-13-8-18(19(30(3)4)11-17(13)29-31)28-21(32)16-6-5-7-20(27-16)23(24,25)26/h5-8,11-12,14-15,33H,9-10H2,1-4H3,(H,28,32)/t14-,15-. The third kappa shape index (κ3) is 4.66. The number of fused-ring (bicyclic) bond motifs is 1. The van der Waals surface area contributed by atoms with Gasteiger partial charge in [-0.3, -0.25) is 9.48 Å². The second-order valence-electron chi connectivity index (χ2n) is 9.27. The summed E-state index contributed by atoms with van der Waals surface area (Å²) >= 11 is 0. The second-order valence-corrected chi connectivity index (χ2v) is 9.27. The lowest BCUT2D eigenvalue weighted by atomic mass is 9.71. The van der Waals surface area contributed by atoms with Crippen LogP contribution in [-0.4, -0.2) is 45.5 Å². The monoisotopic (exact) mass is 461 g/mol.